The van der Waals surface area contributed by atoms with E-state index in [2.05, 4.69) is 15.5 Å². The molecule has 2 rings (SSSR count). The topological polar surface area (TPSA) is 76.0 Å². The summed E-state index contributed by atoms with van der Waals surface area (Å²) >= 11 is 0. The minimum absolute atomic E-state index is 0.0103. The number of nitrogens with one attached hydrogen (secondary N) is 2. The third-order valence-electron chi connectivity index (χ3n) is 3.83. The summed E-state index contributed by atoms with van der Waals surface area (Å²) < 4.78 is 16.2. The lowest BCUT2D eigenvalue weighted by molar-refractivity contribution is 0.0121. The third-order valence-corrected chi connectivity index (χ3v) is 3.83. The third kappa shape index (κ3) is 5.53. The number of ether oxygens (including phenoxy) is 2. The number of hydrogen-bond acceptors (Lipinski definition) is 5. The highest BCUT2D eigenvalue weighted by atomic mass is 16.5. The molecule has 2 N–H and O–H groups in total. The normalized spacial score (nSPS) is 18.4. The summed E-state index contributed by atoms with van der Waals surface area (Å²) in [6, 6.07) is 3.70. The molecule has 1 saturated heterocycles. The van der Waals surface area contributed by atoms with E-state index in [4.69, 9.17) is 13.9 Å². The maximum Gasteiger partial charge on any atom is 0.315 e. The maximum atomic E-state index is 12.0. The fourth-order valence-corrected chi connectivity index (χ4v) is 2.69. The van der Waals surface area contributed by atoms with Crippen LogP contribution < -0.4 is 10.6 Å². The van der Waals surface area contributed by atoms with Crippen molar-refractivity contribution >= 4 is 6.03 Å². The summed E-state index contributed by atoms with van der Waals surface area (Å²) in [6.45, 7) is 7.85. The van der Waals surface area contributed by atoms with Crippen molar-refractivity contribution in [1.82, 2.24) is 15.5 Å². The first kappa shape index (κ1) is 17.8. The second-order valence-electron chi connectivity index (χ2n) is 5.82. The van der Waals surface area contributed by atoms with Crippen LogP contribution in [-0.4, -0.2) is 63.5 Å². The lowest BCUT2D eigenvalue weighted by atomic mass is 10.1. The summed E-state index contributed by atoms with van der Waals surface area (Å²) in [6.07, 6.45) is 0. The van der Waals surface area contributed by atoms with Gasteiger partial charge >= 0.3 is 6.03 Å². The van der Waals surface area contributed by atoms with Crippen LogP contribution in [0.2, 0.25) is 0 Å². The molecule has 1 fully saturated rings. The van der Waals surface area contributed by atoms with E-state index in [1.807, 2.05) is 26.0 Å². The molecule has 0 spiro atoms. The predicted molar refractivity (Wildman–Crippen MR) is 86.5 cm³/mol. The number of aryl methyl sites for hydroxylation is 1. The molecule has 1 aromatic heterocycles. The molecule has 0 unspecified atom stereocenters. The molecule has 0 bridgehead atoms. The summed E-state index contributed by atoms with van der Waals surface area (Å²) in [5.41, 5.74) is 0. The molecule has 2 amide bonds. The van der Waals surface area contributed by atoms with Crippen molar-refractivity contribution in [2.24, 2.45) is 0 Å². The molecule has 7 nitrogen and oxygen atoms in total. The molecule has 0 aliphatic carbocycles. The van der Waals surface area contributed by atoms with Crippen molar-refractivity contribution in [1.29, 1.82) is 0 Å². The predicted octanol–water partition coefficient (Wildman–Crippen LogP) is 1.30. The first-order valence-electron chi connectivity index (χ1n) is 8.01. The highest BCUT2D eigenvalue weighted by Gasteiger charge is 2.25. The van der Waals surface area contributed by atoms with Gasteiger partial charge in [0.05, 0.1) is 31.9 Å². The molecule has 1 aliphatic heterocycles. The Bertz CT molecular complexity index is 485. The van der Waals surface area contributed by atoms with Gasteiger partial charge in [-0.3, -0.25) is 4.90 Å². The van der Waals surface area contributed by atoms with Crippen LogP contribution in [0, 0.1) is 6.92 Å². The fraction of sp³-hybridized carbons (Fsp3) is 0.688. The number of carbonyl (C=O) groups is 1. The first-order valence-corrected chi connectivity index (χ1v) is 8.01. The number of hydrogen-bond donors (Lipinski definition) is 2. The Morgan fingerprint density at radius 3 is 2.74 bits per heavy atom. The number of carbonyl (C=O) groups excluding carboxylic acids is 1. The van der Waals surface area contributed by atoms with E-state index < -0.39 is 0 Å². The van der Waals surface area contributed by atoms with Crippen LogP contribution in [0.25, 0.3) is 0 Å². The van der Waals surface area contributed by atoms with Crippen molar-refractivity contribution in [3.63, 3.8) is 0 Å². The SMILES string of the molecule is COC[C@@H](C)NC(=O)NC[C@H](c1ccc(C)o1)N1CCOCC1. The number of furan rings is 1. The largest absolute Gasteiger partial charge is 0.465 e. The molecule has 0 saturated carbocycles. The summed E-state index contributed by atoms with van der Waals surface area (Å²) in [5, 5.41) is 5.78. The number of methoxy groups -OCH3 is 1. The van der Waals surface area contributed by atoms with Crippen molar-refractivity contribution < 1.29 is 18.7 Å². The van der Waals surface area contributed by atoms with E-state index in [-0.39, 0.29) is 18.1 Å². The second-order valence-corrected chi connectivity index (χ2v) is 5.82. The minimum atomic E-state index is -0.198. The van der Waals surface area contributed by atoms with E-state index in [1.54, 1.807) is 7.11 Å². The van der Waals surface area contributed by atoms with Gasteiger partial charge in [0.25, 0.3) is 0 Å². The van der Waals surface area contributed by atoms with E-state index in [0.717, 1.165) is 24.6 Å². The molecule has 7 heteroatoms. The number of rotatable bonds is 7. The van der Waals surface area contributed by atoms with Gasteiger partial charge in [-0.15, -0.1) is 0 Å². The van der Waals surface area contributed by atoms with Crippen LogP contribution in [0.15, 0.2) is 16.5 Å². The van der Waals surface area contributed by atoms with Crippen LogP contribution in [0.5, 0.6) is 0 Å². The smallest absolute Gasteiger partial charge is 0.315 e. The monoisotopic (exact) mass is 325 g/mol. The average Bonchev–Trinajstić information content (AvgIpc) is 2.95. The Kier molecular flexibility index (Phi) is 6.88. The maximum absolute atomic E-state index is 12.0. The van der Waals surface area contributed by atoms with Crippen molar-refractivity contribution in [3.05, 3.63) is 23.7 Å². The van der Waals surface area contributed by atoms with Gasteiger partial charge in [-0.2, -0.15) is 0 Å². The van der Waals surface area contributed by atoms with Crippen LogP contribution >= 0.6 is 0 Å². The summed E-state index contributed by atoms with van der Waals surface area (Å²) in [4.78, 5) is 14.3. The second kappa shape index (κ2) is 8.90. The van der Waals surface area contributed by atoms with Crippen LogP contribution in [-0.2, 0) is 9.47 Å². The Labute approximate surface area is 137 Å². The number of morpholine rings is 1. The van der Waals surface area contributed by atoms with Gasteiger partial charge in [-0.05, 0) is 26.0 Å². The lowest BCUT2D eigenvalue weighted by Gasteiger charge is -2.33. The molecular formula is C16H27N3O4. The Morgan fingerprint density at radius 1 is 1.39 bits per heavy atom. The molecule has 1 aliphatic rings. The molecule has 1 aromatic rings. The quantitative estimate of drug-likeness (QED) is 0.790. The number of nitrogens with zero attached hydrogens (tertiary/aromatic N) is 1. The summed E-state index contributed by atoms with van der Waals surface area (Å²) in [7, 11) is 1.61. The van der Waals surface area contributed by atoms with Crippen LogP contribution in [0.4, 0.5) is 4.79 Å². The van der Waals surface area contributed by atoms with E-state index in [9.17, 15) is 4.79 Å². The highest BCUT2D eigenvalue weighted by Crippen LogP contribution is 2.23. The van der Waals surface area contributed by atoms with E-state index >= 15 is 0 Å². The van der Waals surface area contributed by atoms with Gasteiger partial charge in [-0.25, -0.2) is 4.79 Å². The van der Waals surface area contributed by atoms with E-state index in [1.165, 1.54) is 0 Å². The fourth-order valence-electron chi connectivity index (χ4n) is 2.69. The molecule has 23 heavy (non-hydrogen) atoms. The Balaban J connectivity index is 1.93. The van der Waals surface area contributed by atoms with Gasteiger partial charge in [0.2, 0.25) is 0 Å². The van der Waals surface area contributed by atoms with Crippen LogP contribution in [0.1, 0.15) is 24.5 Å². The Morgan fingerprint density at radius 2 is 2.13 bits per heavy atom. The highest BCUT2D eigenvalue weighted by molar-refractivity contribution is 5.74. The zero-order valence-corrected chi connectivity index (χ0v) is 14.1. The zero-order chi connectivity index (χ0) is 16.7. The summed E-state index contributed by atoms with van der Waals surface area (Å²) in [5.74, 6) is 1.74. The zero-order valence-electron chi connectivity index (χ0n) is 14.1. The average molecular weight is 325 g/mol. The molecule has 0 aromatic carbocycles. The van der Waals surface area contributed by atoms with Crippen molar-refractivity contribution in [2.75, 3.05) is 46.6 Å². The first-order chi connectivity index (χ1) is 11.1. The van der Waals surface area contributed by atoms with Crippen molar-refractivity contribution in [2.45, 2.75) is 25.9 Å². The van der Waals surface area contributed by atoms with Gasteiger partial charge in [0, 0.05) is 26.7 Å². The van der Waals surface area contributed by atoms with E-state index in [0.29, 0.717) is 26.4 Å². The molecular weight excluding hydrogens is 298 g/mol. The number of amides is 2. The van der Waals surface area contributed by atoms with Gasteiger partial charge in [0.15, 0.2) is 0 Å². The molecule has 130 valence electrons. The minimum Gasteiger partial charge on any atom is -0.465 e. The van der Waals surface area contributed by atoms with Gasteiger partial charge in [0.1, 0.15) is 11.5 Å². The van der Waals surface area contributed by atoms with Gasteiger partial charge < -0.3 is 24.5 Å². The molecule has 2 atom stereocenters. The van der Waals surface area contributed by atoms with Crippen molar-refractivity contribution in [3.8, 4) is 0 Å². The van der Waals surface area contributed by atoms with Gasteiger partial charge in [-0.1, -0.05) is 0 Å². The lowest BCUT2D eigenvalue weighted by Crippen LogP contribution is -2.47. The standard InChI is InChI=1S/C16H27N3O4/c1-12(11-21-3)18-16(20)17-10-14(15-5-4-13(2)23-15)19-6-8-22-9-7-19/h4-5,12,14H,6-11H2,1-3H3,(H2,17,18,20)/t12-,14-/m1/s1. The number of urea groups is 1. The molecule has 2 heterocycles. The van der Waals surface area contributed by atoms with Crippen LogP contribution in [0.3, 0.4) is 0 Å². The Hall–Kier alpha value is -1.57. The molecule has 0 radical (unpaired) electrons.